The topological polar surface area (TPSA) is 74.5 Å². The second-order valence-corrected chi connectivity index (χ2v) is 4.43. The SMILES string of the molecule is N#Cc1cnc(Nc2ccc(Cl)c3cccnc23)cn1. The van der Waals surface area contributed by atoms with Gasteiger partial charge in [-0.05, 0) is 24.3 Å². The van der Waals surface area contributed by atoms with Crippen LogP contribution in [-0.2, 0) is 0 Å². The Kier molecular flexibility index (Phi) is 3.15. The summed E-state index contributed by atoms with van der Waals surface area (Å²) in [6.07, 6.45) is 4.62. The van der Waals surface area contributed by atoms with E-state index in [4.69, 9.17) is 16.9 Å². The highest BCUT2D eigenvalue weighted by molar-refractivity contribution is 6.35. The van der Waals surface area contributed by atoms with Crippen LogP contribution in [0.25, 0.3) is 10.9 Å². The fourth-order valence-electron chi connectivity index (χ4n) is 1.83. The number of rotatable bonds is 2. The monoisotopic (exact) mass is 281 g/mol. The summed E-state index contributed by atoms with van der Waals surface area (Å²) in [5.41, 5.74) is 1.81. The molecule has 20 heavy (non-hydrogen) atoms. The van der Waals surface area contributed by atoms with Gasteiger partial charge in [0, 0.05) is 11.6 Å². The van der Waals surface area contributed by atoms with Crippen LogP contribution >= 0.6 is 11.6 Å². The largest absolute Gasteiger partial charge is 0.337 e. The summed E-state index contributed by atoms with van der Waals surface area (Å²) in [4.78, 5) is 12.4. The van der Waals surface area contributed by atoms with E-state index in [0.29, 0.717) is 10.8 Å². The van der Waals surface area contributed by atoms with Crippen molar-refractivity contribution in [3.05, 3.63) is 53.6 Å². The fourth-order valence-corrected chi connectivity index (χ4v) is 2.04. The maximum atomic E-state index is 8.69. The van der Waals surface area contributed by atoms with Crippen LogP contribution in [0.4, 0.5) is 11.5 Å². The van der Waals surface area contributed by atoms with E-state index in [1.165, 1.54) is 12.4 Å². The van der Waals surface area contributed by atoms with E-state index in [2.05, 4.69) is 20.3 Å². The van der Waals surface area contributed by atoms with Crippen molar-refractivity contribution >= 4 is 34.0 Å². The highest BCUT2D eigenvalue weighted by Crippen LogP contribution is 2.29. The summed E-state index contributed by atoms with van der Waals surface area (Å²) in [7, 11) is 0. The average Bonchev–Trinajstić information content (AvgIpc) is 2.51. The number of pyridine rings is 1. The molecule has 0 aliphatic carbocycles. The highest BCUT2D eigenvalue weighted by Gasteiger charge is 2.06. The molecule has 5 nitrogen and oxygen atoms in total. The minimum atomic E-state index is 0.273. The maximum absolute atomic E-state index is 8.69. The zero-order valence-corrected chi connectivity index (χ0v) is 11.0. The molecule has 3 rings (SSSR count). The number of halogens is 1. The third kappa shape index (κ3) is 2.25. The number of nitriles is 1. The number of anilines is 2. The van der Waals surface area contributed by atoms with Crippen LogP contribution in [0, 0.1) is 11.3 Å². The second-order valence-electron chi connectivity index (χ2n) is 4.02. The summed E-state index contributed by atoms with van der Waals surface area (Å²) < 4.78 is 0. The molecule has 2 aromatic heterocycles. The predicted octanol–water partition coefficient (Wildman–Crippen LogP) is 3.29. The van der Waals surface area contributed by atoms with Crippen LogP contribution in [0.3, 0.4) is 0 Å². The lowest BCUT2D eigenvalue weighted by Crippen LogP contribution is -1.97. The Balaban J connectivity index is 2.02. The molecule has 6 heteroatoms. The minimum Gasteiger partial charge on any atom is -0.337 e. The molecule has 1 aromatic carbocycles. The summed E-state index contributed by atoms with van der Waals surface area (Å²) in [5, 5.41) is 13.3. The predicted molar refractivity (Wildman–Crippen MR) is 76.8 cm³/mol. The van der Waals surface area contributed by atoms with Gasteiger partial charge in [0.2, 0.25) is 0 Å². The van der Waals surface area contributed by atoms with Crippen LogP contribution in [0.15, 0.2) is 42.9 Å². The third-order valence-corrected chi connectivity index (χ3v) is 3.08. The van der Waals surface area contributed by atoms with Gasteiger partial charge in [0.1, 0.15) is 11.9 Å². The normalized spacial score (nSPS) is 10.2. The van der Waals surface area contributed by atoms with Crippen LogP contribution < -0.4 is 5.32 Å². The number of nitrogens with zero attached hydrogens (tertiary/aromatic N) is 4. The van der Waals surface area contributed by atoms with Gasteiger partial charge in [-0.25, -0.2) is 9.97 Å². The van der Waals surface area contributed by atoms with Gasteiger partial charge in [0.25, 0.3) is 0 Å². The Labute approximate surface area is 119 Å². The van der Waals surface area contributed by atoms with Crippen molar-refractivity contribution < 1.29 is 0 Å². The first-order valence-corrected chi connectivity index (χ1v) is 6.18. The summed E-state index contributed by atoms with van der Waals surface area (Å²) in [6.45, 7) is 0. The summed E-state index contributed by atoms with van der Waals surface area (Å²) in [6, 6.07) is 9.29. The molecule has 0 saturated carbocycles. The van der Waals surface area contributed by atoms with Gasteiger partial charge in [0.15, 0.2) is 5.69 Å². The Morgan fingerprint density at radius 2 is 2.00 bits per heavy atom. The molecule has 0 spiro atoms. The second kappa shape index (κ2) is 5.11. The molecule has 0 aliphatic rings. The lowest BCUT2D eigenvalue weighted by Gasteiger charge is -2.08. The van der Waals surface area contributed by atoms with Crippen molar-refractivity contribution in [3.63, 3.8) is 0 Å². The zero-order chi connectivity index (χ0) is 13.9. The number of aromatic nitrogens is 3. The van der Waals surface area contributed by atoms with Crippen molar-refractivity contribution in [2.75, 3.05) is 5.32 Å². The average molecular weight is 282 g/mol. The standard InChI is InChI=1S/C14H8ClN5/c15-11-3-4-12(14-10(11)2-1-5-17-14)20-13-8-18-9(6-16)7-19-13/h1-5,7-8H,(H,19,20). The Bertz CT molecular complexity index is 808. The lowest BCUT2D eigenvalue weighted by atomic mass is 10.2. The van der Waals surface area contributed by atoms with Crippen LogP contribution in [-0.4, -0.2) is 15.0 Å². The quantitative estimate of drug-likeness (QED) is 0.780. The minimum absolute atomic E-state index is 0.273. The molecule has 2 heterocycles. The number of nitrogens with one attached hydrogen (secondary N) is 1. The highest BCUT2D eigenvalue weighted by atomic mass is 35.5. The van der Waals surface area contributed by atoms with E-state index in [-0.39, 0.29) is 5.69 Å². The van der Waals surface area contributed by atoms with E-state index in [0.717, 1.165) is 16.6 Å². The van der Waals surface area contributed by atoms with E-state index in [9.17, 15) is 0 Å². The molecular formula is C14H8ClN5. The molecule has 96 valence electrons. The van der Waals surface area contributed by atoms with Crippen molar-refractivity contribution in [1.82, 2.24) is 15.0 Å². The van der Waals surface area contributed by atoms with Gasteiger partial charge in [0.05, 0.1) is 28.6 Å². The van der Waals surface area contributed by atoms with E-state index < -0.39 is 0 Å². The first-order chi connectivity index (χ1) is 9.78. The zero-order valence-electron chi connectivity index (χ0n) is 10.2. The Morgan fingerprint density at radius 1 is 1.10 bits per heavy atom. The number of fused-ring (bicyclic) bond motifs is 1. The molecular weight excluding hydrogens is 274 g/mol. The number of hydrogen-bond acceptors (Lipinski definition) is 5. The smallest absolute Gasteiger partial charge is 0.158 e. The molecule has 0 radical (unpaired) electrons. The van der Waals surface area contributed by atoms with Crippen molar-refractivity contribution in [3.8, 4) is 6.07 Å². The van der Waals surface area contributed by atoms with Gasteiger partial charge < -0.3 is 5.32 Å². The van der Waals surface area contributed by atoms with E-state index in [1.807, 2.05) is 24.3 Å². The number of hydrogen-bond donors (Lipinski definition) is 1. The maximum Gasteiger partial charge on any atom is 0.158 e. The molecule has 0 aliphatic heterocycles. The molecule has 3 aromatic rings. The summed E-state index contributed by atoms with van der Waals surface area (Å²) in [5.74, 6) is 0.540. The van der Waals surface area contributed by atoms with Crippen LogP contribution in [0.5, 0.6) is 0 Å². The van der Waals surface area contributed by atoms with Gasteiger partial charge in [-0.15, -0.1) is 0 Å². The number of benzene rings is 1. The summed E-state index contributed by atoms with van der Waals surface area (Å²) >= 11 is 6.14. The van der Waals surface area contributed by atoms with E-state index in [1.54, 1.807) is 12.3 Å². The molecule has 0 atom stereocenters. The molecule has 1 N–H and O–H groups in total. The first kappa shape index (κ1) is 12.3. The molecule has 0 bridgehead atoms. The van der Waals surface area contributed by atoms with Gasteiger partial charge in [-0.2, -0.15) is 5.26 Å². The Hall–Kier alpha value is -2.71. The van der Waals surface area contributed by atoms with Crippen molar-refractivity contribution in [2.45, 2.75) is 0 Å². The Morgan fingerprint density at radius 3 is 2.75 bits per heavy atom. The van der Waals surface area contributed by atoms with Crippen LogP contribution in [0.1, 0.15) is 5.69 Å². The first-order valence-electron chi connectivity index (χ1n) is 5.80. The van der Waals surface area contributed by atoms with Gasteiger partial charge >= 0.3 is 0 Å². The van der Waals surface area contributed by atoms with Gasteiger partial charge in [-0.3, -0.25) is 4.98 Å². The van der Waals surface area contributed by atoms with Crippen LogP contribution in [0.2, 0.25) is 5.02 Å². The molecule has 0 amide bonds. The molecule has 0 unspecified atom stereocenters. The van der Waals surface area contributed by atoms with Gasteiger partial charge in [-0.1, -0.05) is 11.6 Å². The lowest BCUT2D eigenvalue weighted by molar-refractivity contribution is 1.16. The molecule has 0 saturated heterocycles. The fraction of sp³-hybridized carbons (Fsp3) is 0. The molecule has 0 fully saturated rings. The van der Waals surface area contributed by atoms with Crippen molar-refractivity contribution in [1.29, 1.82) is 5.26 Å². The van der Waals surface area contributed by atoms with Crippen molar-refractivity contribution in [2.24, 2.45) is 0 Å². The van der Waals surface area contributed by atoms with E-state index >= 15 is 0 Å². The third-order valence-electron chi connectivity index (χ3n) is 2.75.